The van der Waals surface area contributed by atoms with Gasteiger partial charge in [-0.25, -0.2) is 0 Å². The largest absolute Gasteiger partial charge is 0.394 e. The molecule has 32 heavy (non-hydrogen) atoms. The summed E-state index contributed by atoms with van der Waals surface area (Å²) in [7, 11) is 1.73. The number of nitrogens with zero attached hydrogens (tertiary/aromatic N) is 3. The number of rotatable bonds is 6. The molecule has 8 heteroatoms. The fourth-order valence-corrected chi connectivity index (χ4v) is 3.98. The normalized spacial score (nSPS) is 18.6. The lowest BCUT2D eigenvalue weighted by Gasteiger charge is -2.40. The summed E-state index contributed by atoms with van der Waals surface area (Å²) in [6.45, 7) is 1.97. The van der Waals surface area contributed by atoms with E-state index in [0.717, 1.165) is 16.8 Å². The number of anilines is 1. The van der Waals surface area contributed by atoms with Crippen LogP contribution in [0.3, 0.4) is 0 Å². The number of benzene rings is 2. The number of amides is 2. The highest BCUT2D eigenvalue weighted by Gasteiger charge is 2.37. The summed E-state index contributed by atoms with van der Waals surface area (Å²) in [5, 5.41) is 17.1. The van der Waals surface area contributed by atoms with E-state index in [2.05, 4.69) is 10.4 Å². The van der Waals surface area contributed by atoms with Crippen molar-refractivity contribution in [1.82, 2.24) is 14.7 Å². The predicted molar refractivity (Wildman–Crippen MR) is 119 cm³/mol. The number of aliphatic hydroxyl groups is 1. The topological polar surface area (TPSA) is 96.7 Å². The van der Waals surface area contributed by atoms with E-state index >= 15 is 0 Å². The molecule has 0 bridgehead atoms. The van der Waals surface area contributed by atoms with Crippen molar-refractivity contribution in [2.24, 2.45) is 7.05 Å². The third-order valence-electron chi connectivity index (χ3n) is 5.57. The zero-order valence-corrected chi connectivity index (χ0v) is 18.1. The molecule has 2 aromatic carbocycles. The van der Waals surface area contributed by atoms with Gasteiger partial charge in [-0.3, -0.25) is 14.3 Å². The molecule has 8 nitrogen and oxygen atoms in total. The van der Waals surface area contributed by atoms with Gasteiger partial charge in [0.25, 0.3) is 5.91 Å². The highest BCUT2D eigenvalue weighted by molar-refractivity contribution is 6.03. The van der Waals surface area contributed by atoms with E-state index < -0.39 is 12.1 Å². The number of carbonyl (C=O) groups excluding carboxylic acids is 2. The molecule has 2 heterocycles. The quantitative estimate of drug-likeness (QED) is 0.621. The average molecular weight is 434 g/mol. The number of carbonyl (C=O) groups is 2. The fraction of sp³-hybridized carbons (Fsp3) is 0.292. The van der Waals surface area contributed by atoms with Crippen molar-refractivity contribution in [2.75, 3.05) is 18.5 Å². The Kier molecular flexibility index (Phi) is 6.34. The first kappa shape index (κ1) is 21.7. The Labute approximate surface area is 186 Å². The van der Waals surface area contributed by atoms with Crippen molar-refractivity contribution in [1.29, 1.82) is 0 Å². The third-order valence-corrected chi connectivity index (χ3v) is 5.57. The first-order valence-corrected chi connectivity index (χ1v) is 10.4. The molecule has 1 aliphatic rings. The maximum absolute atomic E-state index is 12.5. The zero-order chi connectivity index (χ0) is 22.7. The molecule has 2 atom stereocenters. The Morgan fingerprint density at radius 3 is 2.53 bits per heavy atom. The van der Waals surface area contributed by atoms with Gasteiger partial charge >= 0.3 is 0 Å². The third kappa shape index (κ3) is 4.56. The van der Waals surface area contributed by atoms with E-state index in [0.29, 0.717) is 17.9 Å². The van der Waals surface area contributed by atoms with E-state index in [9.17, 15) is 14.7 Å². The number of hydrogen-bond acceptors (Lipinski definition) is 5. The Morgan fingerprint density at radius 1 is 1.19 bits per heavy atom. The Bertz CT molecular complexity index is 1090. The first-order chi connectivity index (χ1) is 15.5. The SMILES string of the molecule is Cc1cc(C(=O)Nc2ccc([C@H]3OCC(=O)N(Cc4ccccc4)[C@@H]3CO)cc2)n(C)n1. The maximum atomic E-state index is 12.5. The molecule has 4 rings (SSSR count). The van der Waals surface area contributed by atoms with Crippen molar-refractivity contribution in [3.05, 3.63) is 83.2 Å². The van der Waals surface area contributed by atoms with E-state index in [-0.39, 0.29) is 25.0 Å². The number of morpholine rings is 1. The standard InChI is InChI=1S/C24H26N4O4/c1-16-12-20(27(2)26-16)24(31)25-19-10-8-18(9-11-19)23-21(14-29)28(22(30)15-32-23)13-17-6-4-3-5-7-17/h3-12,21,23,29H,13-15H2,1-2H3,(H,25,31)/t21-,23-/m1/s1. The van der Waals surface area contributed by atoms with Crippen molar-refractivity contribution in [3.63, 3.8) is 0 Å². The highest BCUT2D eigenvalue weighted by Crippen LogP contribution is 2.31. The van der Waals surface area contributed by atoms with Crippen LogP contribution in [0.25, 0.3) is 0 Å². The monoisotopic (exact) mass is 434 g/mol. The summed E-state index contributed by atoms with van der Waals surface area (Å²) in [6.07, 6.45) is -0.467. The van der Waals surface area contributed by atoms with Gasteiger partial charge in [0.2, 0.25) is 5.91 Å². The van der Waals surface area contributed by atoms with Crippen LogP contribution in [-0.2, 0) is 23.1 Å². The Balaban J connectivity index is 1.49. The summed E-state index contributed by atoms with van der Waals surface area (Å²) in [5.41, 5.74) is 3.68. The molecule has 0 radical (unpaired) electrons. The summed E-state index contributed by atoms with van der Waals surface area (Å²) in [6, 6.07) is 18.1. The molecule has 1 aliphatic heterocycles. The minimum atomic E-state index is -0.505. The molecule has 0 spiro atoms. The summed E-state index contributed by atoms with van der Waals surface area (Å²) < 4.78 is 7.35. The lowest BCUT2D eigenvalue weighted by atomic mass is 9.98. The second kappa shape index (κ2) is 9.33. The van der Waals surface area contributed by atoms with Crippen LogP contribution in [0.15, 0.2) is 60.7 Å². The smallest absolute Gasteiger partial charge is 0.273 e. The van der Waals surface area contributed by atoms with Gasteiger partial charge in [0, 0.05) is 19.3 Å². The van der Waals surface area contributed by atoms with Gasteiger partial charge in [0.1, 0.15) is 18.4 Å². The van der Waals surface area contributed by atoms with Crippen LogP contribution >= 0.6 is 0 Å². The van der Waals surface area contributed by atoms with Crippen LogP contribution < -0.4 is 5.32 Å². The van der Waals surface area contributed by atoms with E-state index in [1.54, 1.807) is 34.8 Å². The van der Waals surface area contributed by atoms with Crippen LogP contribution in [0.1, 0.15) is 33.4 Å². The predicted octanol–water partition coefficient (Wildman–Crippen LogP) is 2.44. The van der Waals surface area contributed by atoms with Gasteiger partial charge in [-0.2, -0.15) is 5.10 Å². The summed E-state index contributed by atoms with van der Waals surface area (Å²) in [4.78, 5) is 26.7. The number of nitrogens with one attached hydrogen (secondary N) is 1. The molecule has 0 unspecified atom stereocenters. The molecule has 2 N–H and O–H groups in total. The second-order valence-corrected chi connectivity index (χ2v) is 7.86. The summed E-state index contributed by atoms with van der Waals surface area (Å²) in [5.74, 6) is -0.401. The van der Waals surface area contributed by atoms with Crippen LogP contribution in [0, 0.1) is 6.92 Å². The van der Waals surface area contributed by atoms with Crippen LogP contribution in [0.4, 0.5) is 5.69 Å². The molecular weight excluding hydrogens is 408 g/mol. The van der Waals surface area contributed by atoms with Crippen LogP contribution in [0.2, 0.25) is 0 Å². The van der Waals surface area contributed by atoms with Gasteiger partial charge in [-0.1, -0.05) is 42.5 Å². The number of aromatic nitrogens is 2. The Hall–Kier alpha value is -3.49. The molecule has 1 aromatic heterocycles. The molecule has 0 aliphatic carbocycles. The van der Waals surface area contributed by atoms with Crippen molar-refractivity contribution in [2.45, 2.75) is 25.6 Å². The Morgan fingerprint density at radius 2 is 1.91 bits per heavy atom. The lowest BCUT2D eigenvalue weighted by Crippen LogP contribution is -2.52. The van der Waals surface area contributed by atoms with Gasteiger partial charge < -0.3 is 20.1 Å². The molecule has 1 fully saturated rings. The van der Waals surface area contributed by atoms with Gasteiger partial charge in [0.15, 0.2) is 0 Å². The van der Waals surface area contributed by atoms with Gasteiger partial charge in [-0.15, -0.1) is 0 Å². The first-order valence-electron chi connectivity index (χ1n) is 10.4. The van der Waals surface area contributed by atoms with Crippen molar-refractivity contribution < 1.29 is 19.4 Å². The molecular formula is C24H26N4O4. The minimum absolute atomic E-state index is 0.0493. The molecule has 1 saturated heterocycles. The van der Waals surface area contributed by atoms with Gasteiger partial charge in [0.05, 0.1) is 18.3 Å². The zero-order valence-electron chi connectivity index (χ0n) is 18.1. The molecule has 166 valence electrons. The van der Waals surface area contributed by atoms with Gasteiger partial charge in [-0.05, 0) is 36.2 Å². The maximum Gasteiger partial charge on any atom is 0.273 e. The summed E-state index contributed by atoms with van der Waals surface area (Å²) >= 11 is 0. The molecule has 3 aromatic rings. The van der Waals surface area contributed by atoms with Crippen molar-refractivity contribution >= 4 is 17.5 Å². The minimum Gasteiger partial charge on any atom is -0.394 e. The number of ether oxygens (including phenoxy) is 1. The molecule has 0 saturated carbocycles. The van der Waals surface area contributed by atoms with E-state index in [4.69, 9.17) is 4.74 Å². The number of aryl methyl sites for hydroxylation is 2. The number of hydrogen-bond donors (Lipinski definition) is 2. The molecule has 2 amide bonds. The van der Waals surface area contributed by atoms with E-state index in [1.807, 2.05) is 49.4 Å². The van der Waals surface area contributed by atoms with Crippen LogP contribution in [0.5, 0.6) is 0 Å². The fourth-order valence-electron chi connectivity index (χ4n) is 3.98. The number of aliphatic hydroxyl groups excluding tert-OH is 1. The van der Waals surface area contributed by atoms with Crippen LogP contribution in [-0.4, -0.2) is 50.9 Å². The lowest BCUT2D eigenvalue weighted by molar-refractivity contribution is -0.162. The van der Waals surface area contributed by atoms with E-state index in [1.165, 1.54) is 0 Å². The second-order valence-electron chi connectivity index (χ2n) is 7.86. The van der Waals surface area contributed by atoms with Crippen molar-refractivity contribution in [3.8, 4) is 0 Å². The average Bonchev–Trinajstić information content (AvgIpc) is 3.14. The highest BCUT2D eigenvalue weighted by atomic mass is 16.5.